The van der Waals surface area contributed by atoms with Crippen LogP contribution in [-0.4, -0.2) is 49.9 Å². The van der Waals surface area contributed by atoms with Crippen LogP contribution >= 0.6 is 35.6 Å². The third-order valence-electron chi connectivity index (χ3n) is 4.37. The number of para-hydroxylation sites is 1. The molecule has 1 saturated heterocycles. The maximum atomic E-state index is 12.7. The molecular formula is C20H21ClN4O3S2. The Morgan fingerprint density at radius 1 is 1.37 bits per heavy atom. The number of anilines is 1. The van der Waals surface area contributed by atoms with E-state index >= 15 is 0 Å². The van der Waals surface area contributed by atoms with Crippen molar-refractivity contribution in [2.24, 2.45) is 5.10 Å². The molecule has 0 saturated carbocycles. The van der Waals surface area contributed by atoms with Crippen LogP contribution in [0.15, 0.2) is 53.6 Å². The molecule has 1 aliphatic heterocycles. The summed E-state index contributed by atoms with van der Waals surface area (Å²) in [4.78, 5) is 12.7. The summed E-state index contributed by atoms with van der Waals surface area (Å²) in [5.41, 5.74) is 1.20. The van der Waals surface area contributed by atoms with Crippen LogP contribution in [0.25, 0.3) is 0 Å². The van der Waals surface area contributed by atoms with Gasteiger partial charge in [0.25, 0.3) is 0 Å². The Balaban J connectivity index is 1.84. The average Bonchev–Trinajstić information content (AvgIpc) is 2.93. The van der Waals surface area contributed by atoms with E-state index in [1.54, 1.807) is 37.6 Å². The Labute approximate surface area is 189 Å². The molecule has 0 radical (unpaired) electrons. The molecule has 30 heavy (non-hydrogen) atoms. The van der Waals surface area contributed by atoms with Crippen molar-refractivity contribution < 1.29 is 14.7 Å². The molecule has 1 aliphatic rings. The van der Waals surface area contributed by atoms with E-state index in [0.29, 0.717) is 25.8 Å². The molecule has 1 atom stereocenters. The van der Waals surface area contributed by atoms with Gasteiger partial charge < -0.3 is 10.1 Å². The molecule has 1 heterocycles. The molecule has 2 N–H and O–H groups in total. The van der Waals surface area contributed by atoms with Crippen molar-refractivity contribution in [2.45, 2.75) is 24.8 Å². The molecule has 2 aromatic rings. The van der Waals surface area contributed by atoms with Crippen LogP contribution in [-0.2, 0) is 0 Å². The molecule has 3 rings (SSSR count). The predicted octanol–water partition coefficient (Wildman–Crippen LogP) is 5.04. The smallest absolute Gasteiger partial charge is 0.347 e. The van der Waals surface area contributed by atoms with Gasteiger partial charge in [-0.2, -0.15) is 10.2 Å². The number of nitrogens with zero attached hydrogens (tertiary/aromatic N) is 3. The fourth-order valence-corrected chi connectivity index (χ4v) is 4.96. The summed E-state index contributed by atoms with van der Waals surface area (Å²) in [6, 6.07) is 13.3. The molecule has 7 nitrogen and oxygen atoms in total. The minimum absolute atomic E-state index is 0.436. The lowest BCUT2D eigenvalue weighted by Gasteiger charge is -2.34. The first kappa shape index (κ1) is 22.4. The number of carbonyl (C=O) groups is 1. The van der Waals surface area contributed by atoms with Crippen molar-refractivity contribution in [1.29, 1.82) is 0 Å². The zero-order valence-corrected chi connectivity index (χ0v) is 19.0. The second-order valence-corrected chi connectivity index (χ2v) is 9.69. The third kappa shape index (κ3) is 4.86. The number of carbonyl (C=O) groups excluding carboxylic acids is 1. The summed E-state index contributed by atoms with van der Waals surface area (Å²) in [6.45, 7) is 3.76. The first-order chi connectivity index (χ1) is 14.2. The Kier molecular flexibility index (Phi) is 6.87. The summed E-state index contributed by atoms with van der Waals surface area (Å²) in [7, 11) is 1.57. The number of hydrogen-bond donors (Lipinski definition) is 2. The topological polar surface area (TPSA) is 77.4 Å². The lowest BCUT2D eigenvalue weighted by molar-refractivity contribution is -0.114. The molecule has 0 bridgehead atoms. The van der Waals surface area contributed by atoms with Gasteiger partial charge in [-0.15, -0.1) is 0 Å². The number of urea groups is 1. The number of halogens is 1. The number of methoxy groups -OCH3 is 1. The predicted molar refractivity (Wildman–Crippen MR) is 125 cm³/mol. The van der Waals surface area contributed by atoms with Crippen molar-refractivity contribution in [2.75, 3.05) is 12.4 Å². The van der Waals surface area contributed by atoms with Gasteiger partial charge in [0, 0.05) is 16.3 Å². The lowest BCUT2D eigenvalue weighted by atomic mass is 10.1. The molecule has 0 aliphatic carbocycles. The number of hydrogen-bond acceptors (Lipinski definition) is 6. The number of hydroxylamine groups is 2. The van der Waals surface area contributed by atoms with Crippen molar-refractivity contribution >= 4 is 57.8 Å². The second-order valence-electron chi connectivity index (χ2n) is 6.96. The fraction of sp³-hybridized carbons (Fsp3) is 0.250. The van der Waals surface area contributed by atoms with E-state index in [4.69, 9.17) is 28.6 Å². The van der Waals surface area contributed by atoms with E-state index in [1.807, 2.05) is 38.1 Å². The van der Waals surface area contributed by atoms with E-state index in [1.165, 1.54) is 16.8 Å². The summed E-state index contributed by atoms with van der Waals surface area (Å²) >= 11 is 12.8. The van der Waals surface area contributed by atoms with Gasteiger partial charge >= 0.3 is 6.03 Å². The minimum Gasteiger partial charge on any atom is -0.496 e. The maximum Gasteiger partial charge on any atom is 0.347 e. The Morgan fingerprint density at radius 2 is 2.10 bits per heavy atom. The number of ether oxygens (including phenoxy) is 1. The second kappa shape index (κ2) is 9.22. The van der Waals surface area contributed by atoms with E-state index in [-0.39, 0.29) is 0 Å². The zero-order chi connectivity index (χ0) is 21.9. The van der Waals surface area contributed by atoms with Crippen molar-refractivity contribution in [3.8, 4) is 5.75 Å². The standard InChI is InChI=1S/C20H21ClN4O3S2/c1-20(2)17(25(27)18(26)23-15-9-6-8-14(21)11-15)24(19(29)30-20)22-12-13-7-4-5-10-16(13)28-3/h4-12,17,27H,1-3H3,(H,23,26). The molecule has 2 aromatic carbocycles. The summed E-state index contributed by atoms with van der Waals surface area (Å²) < 4.78 is 5.15. The van der Waals surface area contributed by atoms with Gasteiger partial charge in [0.1, 0.15) is 5.75 Å². The van der Waals surface area contributed by atoms with Crippen molar-refractivity contribution in [3.05, 3.63) is 59.1 Å². The first-order valence-corrected chi connectivity index (χ1v) is 10.6. The molecular weight excluding hydrogens is 444 g/mol. The SMILES string of the molecule is COc1ccccc1C=NN1C(=S)SC(C)(C)C1N(O)C(=O)Nc1cccc(Cl)c1. The zero-order valence-electron chi connectivity index (χ0n) is 16.6. The van der Waals surface area contributed by atoms with Crippen molar-refractivity contribution in [3.63, 3.8) is 0 Å². The molecule has 1 fully saturated rings. The summed E-state index contributed by atoms with van der Waals surface area (Å²) in [6.07, 6.45) is 0.753. The van der Waals surface area contributed by atoms with Gasteiger partial charge in [0.2, 0.25) is 0 Å². The first-order valence-electron chi connectivity index (χ1n) is 8.97. The van der Waals surface area contributed by atoms with Crippen LogP contribution in [0, 0.1) is 0 Å². The summed E-state index contributed by atoms with van der Waals surface area (Å²) in [5, 5.41) is 20.3. The highest BCUT2D eigenvalue weighted by Gasteiger charge is 2.50. The highest BCUT2D eigenvalue weighted by Crippen LogP contribution is 2.42. The average molecular weight is 465 g/mol. The van der Waals surface area contributed by atoms with Crippen LogP contribution in [0.2, 0.25) is 5.02 Å². The molecule has 2 amide bonds. The van der Waals surface area contributed by atoms with Crippen LogP contribution in [0.5, 0.6) is 5.75 Å². The largest absolute Gasteiger partial charge is 0.496 e. The van der Waals surface area contributed by atoms with Crippen LogP contribution in [0.4, 0.5) is 10.5 Å². The highest BCUT2D eigenvalue weighted by atomic mass is 35.5. The monoisotopic (exact) mass is 464 g/mol. The Hall–Kier alpha value is -2.33. The van der Waals surface area contributed by atoms with Gasteiger partial charge in [0.05, 0.1) is 18.1 Å². The third-order valence-corrected chi connectivity index (χ3v) is 6.14. The molecule has 1 unspecified atom stereocenters. The van der Waals surface area contributed by atoms with E-state index in [9.17, 15) is 10.0 Å². The van der Waals surface area contributed by atoms with Gasteiger partial charge in [0.15, 0.2) is 10.5 Å². The Bertz CT molecular complexity index is 986. The fourth-order valence-electron chi connectivity index (χ4n) is 2.98. The van der Waals surface area contributed by atoms with Gasteiger partial charge in [-0.25, -0.2) is 9.80 Å². The van der Waals surface area contributed by atoms with Crippen LogP contribution in [0.3, 0.4) is 0 Å². The van der Waals surface area contributed by atoms with Gasteiger partial charge in [-0.05, 0) is 44.2 Å². The molecule has 0 spiro atoms. The van der Waals surface area contributed by atoms with Crippen LogP contribution in [0.1, 0.15) is 19.4 Å². The van der Waals surface area contributed by atoms with Crippen molar-refractivity contribution in [1.82, 2.24) is 10.1 Å². The number of thioether (sulfide) groups is 1. The lowest BCUT2D eigenvalue weighted by Crippen LogP contribution is -2.54. The number of amides is 2. The van der Waals surface area contributed by atoms with Gasteiger partial charge in [-0.3, -0.25) is 5.21 Å². The molecule has 10 heteroatoms. The number of benzene rings is 2. The normalized spacial score (nSPS) is 18.0. The van der Waals surface area contributed by atoms with E-state index in [2.05, 4.69) is 10.4 Å². The molecule has 0 aromatic heterocycles. The quantitative estimate of drug-likeness (QED) is 0.279. The Morgan fingerprint density at radius 3 is 2.80 bits per heavy atom. The highest BCUT2D eigenvalue weighted by molar-refractivity contribution is 8.24. The van der Waals surface area contributed by atoms with E-state index in [0.717, 1.165) is 5.56 Å². The van der Waals surface area contributed by atoms with E-state index < -0.39 is 16.9 Å². The van der Waals surface area contributed by atoms with Crippen LogP contribution < -0.4 is 10.1 Å². The number of thiocarbonyl (C=S) groups is 1. The minimum atomic E-state index is -0.833. The molecule has 158 valence electrons. The summed E-state index contributed by atoms with van der Waals surface area (Å²) in [5.74, 6) is 0.648. The number of hydrazone groups is 1. The van der Waals surface area contributed by atoms with Gasteiger partial charge in [-0.1, -0.05) is 53.8 Å². The number of rotatable bonds is 5. The maximum absolute atomic E-state index is 12.7. The number of nitrogens with one attached hydrogen (secondary N) is 1.